The molecule has 0 aromatic heterocycles. The van der Waals surface area contributed by atoms with Crippen LogP contribution in [-0.4, -0.2) is 29.7 Å². The van der Waals surface area contributed by atoms with Crippen molar-refractivity contribution < 1.29 is 5.11 Å². The van der Waals surface area contributed by atoms with E-state index in [9.17, 15) is 5.11 Å². The summed E-state index contributed by atoms with van der Waals surface area (Å²) in [5, 5.41) is 10.1. The second-order valence-electron chi connectivity index (χ2n) is 4.32. The first-order valence-electron chi connectivity index (χ1n) is 5.65. The third-order valence-electron chi connectivity index (χ3n) is 2.92. The highest BCUT2D eigenvalue weighted by atomic mass is 35.5. The van der Waals surface area contributed by atoms with Crippen molar-refractivity contribution >= 4 is 11.6 Å². The van der Waals surface area contributed by atoms with Gasteiger partial charge in [-0.2, -0.15) is 0 Å². The molecule has 1 aromatic rings. The van der Waals surface area contributed by atoms with Crippen LogP contribution in [0.1, 0.15) is 31.9 Å². The zero-order chi connectivity index (χ0) is 12.1. The number of nitrogens with zero attached hydrogens (tertiary/aromatic N) is 1. The van der Waals surface area contributed by atoms with Crippen molar-refractivity contribution in [1.82, 2.24) is 4.90 Å². The standard InChI is InChI=1S/C13H20ClNO/c1-10(16)8-9-15(3)11(2)12-6-4-5-7-13(12)14/h4-7,10-11,16H,8-9H2,1-3H3. The van der Waals surface area contributed by atoms with Crippen LogP contribution in [-0.2, 0) is 0 Å². The molecule has 0 aliphatic carbocycles. The molecule has 2 nitrogen and oxygen atoms in total. The average Bonchev–Trinajstić information content (AvgIpc) is 2.25. The van der Waals surface area contributed by atoms with Crippen LogP contribution < -0.4 is 0 Å². The molecule has 1 N–H and O–H groups in total. The van der Waals surface area contributed by atoms with Gasteiger partial charge in [0.15, 0.2) is 0 Å². The van der Waals surface area contributed by atoms with Crippen molar-refractivity contribution in [3.05, 3.63) is 34.9 Å². The highest BCUT2D eigenvalue weighted by molar-refractivity contribution is 6.31. The van der Waals surface area contributed by atoms with Crippen molar-refractivity contribution in [2.75, 3.05) is 13.6 Å². The summed E-state index contributed by atoms with van der Waals surface area (Å²) in [6.07, 6.45) is 0.534. The molecule has 0 aliphatic rings. The van der Waals surface area contributed by atoms with Gasteiger partial charge in [-0.25, -0.2) is 0 Å². The van der Waals surface area contributed by atoms with E-state index >= 15 is 0 Å². The number of hydrogen-bond donors (Lipinski definition) is 1. The quantitative estimate of drug-likeness (QED) is 0.856. The van der Waals surface area contributed by atoms with Crippen LogP contribution >= 0.6 is 11.6 Å². The van der Waals surface area contributed by atoms with E-state index in [-0.39, 0.29) is 12.1 Å². The van der Waals surface area contributed by atoms with Gasteiger partial charge in [0.05, 0.1) is 6.10 Å². The van der Waals surface area contributed by atoms with Gasteiger partial charge >= 0.3 is 0 Å². The number of hydrogen-bond acceptors (Lipinski definition) is 2. The van der Waals surface area contributed by atoms with Crippen LogP contribution in [0.4, 0.5) is 0 Å². The molecule has 0 heterocycles. The fourth-order valence-corrected chi connectivity index (χ4v) is 1.93. The van der Waals surface area contributed by atoms with Crippen LogP contribution in [0.15, 0.2) is 24.3 Å². The van der Waals surface area contributed by atoms with Gasteiger partial charge in [0.1, 0.15) is 0 Å². The van der Waals surface area contributed by atoms with Crippen LogP contribution in [0.5, 0.6) is 0 Å². The smallest absolute Gasteiger partial charge is 0.0524 e. The number of benzene rings is 1. The summed E-state index contributed by atoms with van der Waals surface area (Å²) in [6, 6.07) is 8.17. The van der Waals surface area contributed by atoms with Crippen LogP contribution in [0.3, 0.4) is 0 Å². The number of rotatable bonds is 5. The Morgan fingerprint density at radius 3 is 2.50 bits per heavy atom. The summed E-state index contributed by atoms with van der Waals surface area (Å²) in [5.74, 6) is 0. The lowest BCUT2D eigenvalue weighted by atomic mass is 10.1. The van der Waals surface area contributed by atoms with Crippen LogP contribution in [0.25, 0.3) is 0 Å². The van der Waals surface area contributed by atoms with E-state index in [0.717, 1.165) is 23.6 Å². The van der Waals surface area contributed by atoms with Gasteiger partial charge in [0.2, 0.25) is 0 Å². The summed E-state index contributed by atoms with van der Waals surface area (Å²) in [6.45, 7) is 4.81. The lowest BCUT2D eigenvalue weighted by Gasteiger charge is -2.26. The van der Waals surface area contributed by atoms with Gasteiger partial charge in [-0.1, -0.05) is 29.8 Å². The molecule has 1 rings (SSSR count). The van der Waals surface area contributed by atoms with Gasteiger partial charge in [-0.15, -0.1) is 0 Å². The minimum absolute atomic E-state index is 0.249. The molecule has 0 amide bonds. The molecule has 3 heteroatoms. The van der Waals surface area contributed by atoms with Gasteiger partial charge in [0, 0.05) is 17.6 Å². The van der Waals surface area contributed by atoms with Gasteiger partial charge in [-0.05, 0) is 38.9 Å². The van der Waals surface area contributed by atoms with Crippen molar-refractivity contribution in [2.45, 2.75) is 32.4 Å². The van der Waals surface area contributed by atoms with Crippen molar-refractivity contribution in [3.63, 3.8) is 0 Å². The predicted octanol–water partition coefficient (Wildman–Crippen LogP) is 3.10. The summed E-state index contributed by atoms with van der Waals surface area (Å²) < 4.78 is 0. The second-order valence-corrected chi connectivity index (χ2v) is 4.72. The third-order valence-corrected chi connectivity index (χ3v) is 3.26. The fourth-order valence-electron chi connectivity index (χ4n) is 1.64. The first-order valence-corrected chi connectivity index (χ1v) is 6.03. The first-order chi connectivity index (χ1) is 7.52. The number of halogens is 1. The zero-order valence-corrected chi connectivity index (χ0v) is 10.9. The monoisotopic (exact) mass is 241 g/mol. The summed E-state index contributed by atoms with van der Waals surface area (Å²) in [5.41, 5.74) is 1.14. The van der Waals surface area contributed by atoms with E-state index in [2.05, 4.69) is 18.9 Å². The molecule has 1 aromatic carbocycles. The Bertz CT molecular complexity index is 327. The Morgan fingerprint density at radius 1 is 1.31 bits per heavy atom. The SMILES string of the molecule is CC(O)CCN(C)C(C)c1ccccc1Cl. The Kier molecular flexibility index (Phi) is 5.26. The Hall–Kier alpha value is -0.570. The molecule has 0 fully saturated rings. The molecule has 0 saturated heterocycles. The maximum absolute atomic E-state index is 9.26. The zero-order valence-electron chi connectivity index (χ0n) is 10.2. The highest BCUT2D eigenvalue weighted by Crippen LogP contribution is 2.26. The van der Waals surface area contributed by atoms with Crippen molar-refractivity contribution in [1.29, 1.82) is 0 Å². The van der Waals surface area contributed by atoms with E-state index in [0.29, 0.717) is 0 Å². The molecule has 2 atom stereocenters. The molecule has 90 valence electrons. The number of aliphatic hydroxyl groups is 1. The van der Waals surface area contributed by atoms with Gasteiger partial charge in [0.25, 0.3) is 0 Å². The molecule has 0 aliphatic heterocycles. The maximum atomic E-state index is 9.26. The lowest BCUT2D eigenvalue weighted by molar-refractivity contribution is 0.153. The fraction of sp³-hybridized carbons (Fsp3) is 0.538. The minimum atomic E-state index is -0.249. The molecule has 0 saturated carbocycles. The molecule has 0 bridgehead atoms. The number of aliphatic hydroxyl groups excluding tert-OH is 1. The minimum Gasteiger partial charge on any atom is -0.393 e. The molecule has 0 spiro atoms. The first kappa shape index (κ1) is 13.5. The molecule has 0 radical (unpaired) electrons. The largest absolute Gasteiger partial charge is 0.393 e. The van der Waals surface area contributed by atoms with Crippen molar-refractivity contribution in [3.8, 4) is 0 Å². The van der Waals surface area contributed by atoms with E-state index in [1.54, 1.807) is 0 Å². The molecular formula is C13H20ClNO. The van der Waals surface area contributed by atoms with E-state index < -0.39 is 0 Å². The van der Waals surface area contributed by atoms with Crippen LogP contribution in [0.2, 0.25) is 5.02 Å². The molecular weight excluding hydrogens is 222 g/mol. The highest BCUT2D eigenvalue weighted by Gasteiger charge is 2.14. The van der Waals surface area contributed by atoms with Gasteiger partial charge in [-0.3, -0.25) is 4.90 Å². The van der Waals surface area contributed by atoms with E-state index in [4.69, 9.17) is 11.6 Å². The predicted molar refractivity (Wildman–Crippen MR) is 68.8 cm³/mol. The van der Waals surface area contributed by atoms with E-state index in [1.807, 2.05) is 31.2 Å². The Labute approximate surface area is 103 Å². The van der Waals surface area contributed by atoms with Crippen molar-refractivity contribution in [2.24, 2.45) is 0 Å². The maximum Gasteiger partial charge on any atom is 0.0524 e. The molecule has 2 unspecified atom stereocenters. The summed E-state index contributed by atoms with van der Waals surface area (Å²) in [7, 11) is 2.05. The lowest BCUT2D eigenvalue weighted by Crippen LogP contribution is -2.25. The van der Waals surface area contributed by atoms with Gasteiger partial charge < -0.3 is 5.11 Å². The molecule has 16 heavy (non-hydrogen) atoms. The normalized spacial score (nSPS) is 15.1. The topological polar surface area (TPSA) is 23.5 Å². The average molecular weight is 242 g/mol. The van der Waals surface area contributed by atoms with Crippen LogP contribution in [0, 0.1) is 0 Å². The Morgan fingerprint density at radius 2 is 1.94 bits per heavy atom. The Balaban J connectivity index is 2.63. The summed E-state index contributed by atoms with van der Waals surface area (Å²) >= 11 is 6.15. The third kappa shape index (κ3) is 3.78. The second kappa shape index (κ2) is 6.24. The summed E-state index contributed by atoms with van der Waals surface area (Å²) in [4.78, 5) is 2.20. The van der Waals surface area contributed by atoms with E-state index in [1.165, 1.54) is 0 Å².